The van der Waals surface area contributed by atoms with E-state index in [1.165, 1.54) is 37.3 Å². The van der Waals surface area contributed by atoms with E-state index >= 15 is 0 Å². The first-order valence-electron chi connectivity index (χ1n) is 7.27. The second-order valence-corrected chi connectivity index (χ2v) is 5.57. The van der Waals surface area contributed by atoms with Crippen molar-refractivity contribution in [2.45, 2.75) is 20.3 Å². The Labute approximate surface area is 117 Å². The van der Waals surface area contributed by atoms with E-state index in [1.807, 2.05) is 0 Å². The van der Waals surface area contributed by atoms with Gasteiger partial charge in [-0.3, -0.25) is 0 Å². The molecule has 0 bridgehead atoms. The average molecular weight is 262 g/mol. The number of rotatable bonds is 5. The van der Waals surface area contributed by atoms with Crippen LogP contribution in [0.1, 0.15) is 17.5 Å². The Morgan fingerprint density at radius 1 is 1.05 bits per heavy atom. The van der Waals surface area contributed by atoms with Crippen LogP contribution in [0.25, 0.3) is 0 Å². The molecule has 1 saturated heterocycles. The summed E-state index contributed by atoms with van der Waals surface area (Å²) in [4.78, 5) is 4.93. The molecule has 0 spiro atoms. The minimum Gasteiger partial charge on any atom is -0.493 e. The van der Waals surface area contributed by atoms with Gasteiger partial charge in [0, 0.05) is 32.7 Å². The standard InChI is InChI=1S/C16H26N2O/c1-14-6-4-7-15(2)16(14)19-13-5-8-18-11-9-17(3)10-12-18/h4,6-7H,5,8-13H2,1-3H3. The van der Waals surface area contributed by atoms with E-state index in [0.29, 0.717) is 0 Å². The number of hydrogen-bond acceptors (Lipinski definition) is 3. The summed E-state index contributed by atoms with van der Waals surface area (Å²) in [6.45, 7) is 11.0. The van der Waals surface area contributed by atoms with Crippen molar-refractivity contribution in [3.8, 4) is 5.75 Å². The van der Waals surface area contributed by atoms with Gasteiger partial charge in [-0.2, -0.15) is 0 Å². The predicted molar refractivity (Wildman–Crippen MR) is 80.0 cm³/mol. The fourth-order valence-electron chi connectivity index (χ4n) is 2.56. The van der Waals surface area contributed by atoms with Gasteiger partial charge in [-0.15, -0.1) is 0 Å². The van der Waals surface area contributed by atoms with E-state index in [4.69, 9.17) is 4.74 Å². The molecule has 0 aliphatic carbocycles. The molecule has 1 aromatic rings. The topological polar surface area (TPSA) is 15.7 Å². The van der Waals surface area contributed by atoms with Crippen molar-refractivity contribution in [1.82, 2.24) is 9.80 Å². The van der Waals surface area contributed by atoms with Gasteiger partial charge in [0.05, 0.1) is 6.61 Å². The van der Waals surface area contributed by atoms with Crippen LogP contribution in [0.15, 0.2) is 18.2 Å². The first-order valence-corrected chi connectivity index (χ1v) is 7.27. The molecule has 0 radical (unpaired) electrons. The molecule has 1 aliphatic heterocycles. The van der Waals surface area contributed by atoms with E-state index in [9.17, 15) is 0 Å². The molecule has 3 nitrogen and oxygen atoms in total. The zero-order chi connectivity index (χ0) is 13.7. The van der Waals surface area contributed by atoms with E-state index < -0.39 is 0 Å². The molecule has 0 amide bonds. The Hall–Kier alpha value is -1.06. The molecule has 106 valence electrons. The van der Waals surface area contributed by atoms with E-state index in [-0.39, 0.29) is 0 Å². The molecule has 0 N–H and O–H groups in total. The number of ether oxygens (including phenoxy) is 1. The van der Waals surface area contributed by atoms with Crippen molar-refractivity contribution in [3.63, 3.8) is 0 Å². The summed E-state index contributed by atoms with van der Waals surface area (Å²) in [7, 11) is 2.20. The molecule has 1 aliphatic rings. The molecule has 0 aromatic heterocycles. The molecule has 0 saturated carbocycles. The summed E-state index contributed by atoms with van der Waals surface area (Å²) in [6.07, 6.45) is 1.11. The number of piperazine rings is 1. The number of para-hydroxylation sites is 1. The van der Waals surface area contributed by atoms with Crippen LogP contribution in [-0.4, -0.2) is 56.2 Å². The quantitative estimate of drug-likeness (QED) is 0.757. The fourth-order valence-corrected chi connectivity index (χ4v) is 2.56. The van der Waals surface area contributed by atoms with Crippen LogP contribution >= 0.6 is 0 Å². The number of likely N-dealkylation sites (N-methyl/N-ethyl adjacent to an activating group) is 1. The predicted octanol–water partition coefficient (Wildman–Crippen LogP) is 2.32. The third-order valence-electron chi connectivity index (χ3n) is 3.87. The average Bonchev–Trinajstić information content (AvgIpc) is 2.39. The van der Waals surface area contributed by atoms with Gasteiger partial charge in [-0.25, -0.2) is 0 Å². The van der Waals surface area contributed by atoms with Crippen LogP contribution in [0.3, 0.4) is 0 Å². The highest BCUT2D eigenvalue weighted by molar-refractivity contribution is 5.39. The lowest BCUT2D eigenvalue weighted by Gasteiger charge is -2.32. The normalized spacial score (nSPS) is 17.6. The van der Waals surface area contributed by atoms with Crippen LogP contribution in [0.2, 0.25) is 0 Å². The number of hydrogen-bond donors (Lipinski definition) is 0. The summed E-state index contributed by atoms with van der Waals surface area (Å²) in [6, 6.07) is 6.31. The van der Waals surface area contributed by atoms with Crippen molar-refractivity contribution in [1.29, 1.82) is 0 Å². The molecule has 3 heteroatoms. The first kappa shape index (κ1) is 14.4. The Kier molecular flexibility index (Phi) is 5.23. The number of aryl methyl sites for hydroxylation is 2. The molecule has 19 heavy (non-hydrogen) atoms. The molecular formula is C16H26N2O. The van der Waals surface area contributed by atoms with Gasteiger partial charge in [0.15, 0.2) is 0 Å². The maximum atomic E-state index is 5.94. The Morgan fingerprint density at radius 2 is 1.68 bits per heavy atom. The maximum absolute atomic E-state index is 5.94. The molecule has 1 aromatic carbocycles. The monoisotopic (exact) mass is 262 g/mol. The van der Waals surface area contributed by atoms with Crippen molar-refractivity contribution in [3.05, 3.63) is 29.3 Å². The molecule has 1 heterocycles. The summed E-state index contributed by atoms with van der Waals surface area (Å²) in [5, 5.41) is 0. The highest BCUT2D eigenvalue weighted by atomic mass is 16.5. The summed E-state index contributed by atoms with van der Waals surface area (Å²) in [5.74, 6) is 1.07. The van der Waals surface area contributed by atoms with Crippen LogP contribution in [0.5, 0.6) is 5.75 Å². The zero-order valence-corrected chi connectivity index (χ0v) is 12.5. The van der Waals surface area contributed by atoms with Crippen molar-refractivity contribution >= 4 is 0 Å². The summed E-state index contributed by atoms with van der Waals surface area (Å²) in [5.41, 5.74) is 2.47. The largest absolute Gasteiger partial charge is 0.493 e. The molecule has 0 unspecified atom stereocenters. The summed E-state index contributed by atoms with van der Waals surface area (Å²) >= 11 is 0. The van der Waals surface area contributed by atoms with Gasteiger partial charge in [0.25, 0.3) is 0 Å². The van der Waals surface area contributed by atoms with Gasteiger partial charge in [0.1, 0.15) is 5.75 Å². The molecule has 0 atom stereocenters. The Bertz CT molecular complexity index is 377. The highest BCUT2D eigenvalue weighted by Crippen LogP contribution is 2.22. The second-order valence-electron chi connectivity index (χ2n) is 5.57. The van der Waals surface area contributed by atoms with Gasteiger partial charge < -0.3 is 14.5 Å². The van der Waals surface area contributed by atoms with Gasteiger partial charge in [-0.1, -0.05) is 18.2 Å². The number of nitrogens with zero attached hydrogens (tertiary/aromatic N) is 2. The van der Waals surface area contributed by atoms with E-state index in [0.717, 1.165) is 25.3 Å². The van der Waals surface area contributed by atoms with Crippen molar-refractivity contribution in [2.75, 3.05) is 46.4 Å². The fraction of sp³-hybridized carbons (Fsp3) is 0.625. The van der Waals surface area contributed by atoms with Crippen LogP contribution < -0.4 is 4.74 Å². The van der Waals surface area contributed by atoms with Crippen LogP contribution in [-0.2, 0) is 0 Å². The van der Waals surface area contributed by atoms with Gasteiger partial charge in [0.2, 0.25) is 0 Å². The van der Waals surface area contributed by atoms with Crippen molar-refractivity contribution in [2.24, 2.45) is 0 Å². The second kappa shape index (κ2) is 6.92. The molecular weight excluding hydrogens is 236 g/mol. The zero-order valence-electron chi connectivity index (χ0n) is 12.5. The molecule has 2 rings (SSSR count). The number of benzene rings is 1. The SMILES string of the molecule is Cc1cccc(C)c1OCCCN1CCN(C)CC1. The lowest BCUT2D eigenvalue weighted by Crippen LogP contribution is -2.44. The lowest BCUT2D eigenvalue weighted by molar-refractivity contribution is 0.145. The maximum Gasteiger partial charge on any atom is 0.125 e. The Balaban J connectivity index is 1.69. The molecule has 1 fully saturated rings. The minimum atomic E-state index is 0.817. The van der Waals surface area contributed by atoms with E-state index in [2.05, 4.69) is 48.9 Å². The van der Waals surface area contributed by atoms with Crippen LogP contribution in [0, 0.1) is 13.8 Å². The first-order chi connectivity index (χ1) is 9.16. The summed E-state index contributed by atoms with van der Waals surface area (Å²) < 4.78 is 5.94. The smallest absolute Gasteiger partial charge is 0.125 e. The van der Waals surface area contributed by atoms with Crippen molar-refractivity contribution < 1.29 is 4.74 Å². The van der Waals surface area contributed by atoms with E-state index in [1.54, 1.807) is 0 Å². The Morgan fingerprint density at radius 3 is 2.32 bits per heavy atom. The van der Waals surface area contributed by atoms with Gasteiger partial charge in [-0.05, 0) is 38.4 Å². The lowest BCUT2D eigenvalue weighted by atomic mass is 10.1. The highest BCUT2D eigenvalue weighted by Gasteiger charge is 2.13. The third kappa shape index (κ3) is 4.22. The van der Waals surface area contributed by atoms with Gasteiger partial charge >= 0.3 is 0 Å². The minimum absolute atomic E-state index is 0.817. The van der Waals surface area contributed by atoms with Crippen LogP contribution in [0.4, 0.5) is 0 Å². The third-order valence-corrected chi connectivity index (χ3v) is 3.87.